The molecule has 1 atom stereocenters. The summed E-state index contributed by atoms with van der Waals surface area (Å²) in [5, 5.41) is 0.477. The second-order valence-corrected chi connectivity index (χ2v) is 8.66. The van der Waals surface area contributed by atoms with Gasteiger partial charge in [0.2, 0.25) is 5.91 Å². The highest BCUT2D eigenvalue weighted by molar-refractivity contribution is 6.32. The van der Waals surface area contributed by atoms with Gasteiger partial charge in [0.1, 0.15) is 13.2 Å². The molecule has 31 heavy (non-hydrogen) atoms. The summed E-state index contributed by atoms with van der Waals surface area (Å²) in [5.74, 6) is 1.20. The van der Waals surface area contributed by atoms with E-state index < -0.39 is 0 Å². The average Bonchev–Trinajstić information content (AvgIpc) is 3.27. The fourth-order valence-corrected chi connectivity index (χ4v) is 4.25. The molecule has 1 amide bonds. The molecule has 2 aliphatic heterocycles. The van der Waals surface area contributed by atoms with Crippen molar-refractivity contribution in [3.63, 3.8) is 0 Å². The molecule has 1 fully saturated rings. The first-order valence-electron chi connectivity index (χ1n) is 10.7. The number of amides is 1. The van der Waals surface area contributed by atoms with Gasteiger partial charge in [-0.3, -0.25) is 4.79 Å². The smallest absolute Gasteiger partial charge is 0.227 e. The lowest BCUT2D eigenvalue weighted by Crippen LogP contribution is -2.37. The molecule has 2 aromatic rings. The summed E-state index contributed by atoms with van der Waals surface area (Å²) in [7, 11) is 4.03. The van der Waals surface area contributed by atoms with Crippen molar-refractivity contribution in [1.82, 2.24) is 4.90 Å². The van der Waals surface area contributed by atoms with Gasteiger partial charge in [-0.15, -0.1) is 0 Å². The Balaban J connectivity index is 1.50. The van der Waals surface area contributed by atoms with Gasteiger partial charge in [-0.05, 0) is 48.2 Å². The minimum atomic E-state index is 0.0416. The zero-order valence-corrected chi connectivity index (χ0v) is 18.9. The summed E-state index contributed by atoms with van der Waals surface area (Å²) in [6.45, 7) is 2.86. The van der Waals surface area contributed by atoms with E-state index in [-0.39, 0.29) is 18.4 Å². The molecule has 2 aromatic carbocycles. The Morgan fingerprint density at radius 1 is 1.06 bits per heavy atom. The van der Waals surface area contributed by atoms with Crippen LogP contribution in [0.3, 0.4) is 0 Å². The second kappa shape index (κ2) is 9.79. The van der Waals surface area contributed by atoms with Crippen LogP contribution < -0.4 is 14.4 Å². The quantitative estimate of drug-likeness (QED) is 0.647. The maximum Gasteiger partial charge on any atom is 0.227 e. The van der Waals surface area contributed by atoms with Crippen molar-refractivity contribution in [3.05, 3.63) is 52.5 Å². The summed E-state index contributed by atoms with van der Waals surface area (Å²) in [5.41, 5.74) is 3.04. The number of rotatable bonds is 7. The van der Waals surface area contributed by atoms with E-state index in [9.17, 15) is 4.79 Å². The van der Waals surface area contributed by atoms with Gasteiger partial charge < -0.3 is 24.0 Å². The number of ether oxygens (including phenoxy) is 3. The molecule has 7 heteroatoms. The van der Waals surface area contributed by atoms with E-state index in [2.05, 4.69) is 29.2 Å². The first-order valence-corrected chi connectivity index (χ1v) is 11.1. The molecule has 0 bridgehead atoms. The zero-order valence-electron chi connectivity index (χ0n) is 18.1. The van der Waals surface area contributed by atoms with Crippen LogP contribution in [-0.2, 0) is 22.5 Å². The van der Waals surface area contributed by atoms with E-state index in [1.165, 1.54) is 0 Å². The number of hydrogen-bond acceptors (Lipinski definition) is 5. The van der Waals surface area contributed by atoms with Crippen molar-refractivity contribution < 1.29 is 19.0 Å². The predicted molar refractivity (Wildman–Crippen MR) is 121 cm³/mol. The summed E-state index contributed by atoms with van der Waals surface area (Å²) in [6, 6.07) is 11.9. The maximum atomic E-state index is 13.3. The van der Waals surface area contributed by atoms with Crippen molar-refractivity contribution in [2.24, 2.45) is 0 Å². The molecule has 1 saturated heterocycles. The molecule has 0 spiro atoms. The van der Waals surface area contributed by atoms with Crippen molar-refractivity contribution in [2.45, 2.75) is 31.9 Å². The Bertz CT molecular complexity index is 911. The van der Waals surface area contributed by atoms with E-state index >= 15 is 0 Å². The molecule has 166 valence electrons. The van der Waals surface area contributed by atoms with Gasteiger partial charge >= 0.3 is 0 Å². The monoisotopic (exact) mass is 444 g/mol. The zero-order chi connectivity index (χ0) is 21.8. The highest BCUT2D eigenvalue weighted by Crippen LogP contribution is 2.38. The Labute approximate surface area is 188 Å². The summed E-state index contributed by atoms with van der Waals surface area (Å²) in [6.07, 6.45) is 2.37. The number of benzene rings is 2. The number of anilines is 1. The van der Waals surface area contributed by atoms with Crippen LogP contribution in [0.15, 0.2) is 36.4 Å². The topological polar surface area (TPSA) is 51.2 Å². The molecular weight excluding hydrogens is 416 g/mol. The molecular formula is C24H29ClN2O4. The number of fused-ring (bicyclic) bond motifs is 1. The van der Waals surface area contributed by atoms with Crippen molar-refractivity contribution in [1.29, 1.82) is 0 Å². The van der Waals surface area contributed by atoms with E-state index in [4.69, 9.17) is 25.8 Å². The van der Waals surface area contributed by atoms with E-state index in [1.807, 2.05) is 25.1 Å². The average molecular weight is 445 g/mol. The summed E-state index contributed by atoms with van der Waals surface area (Å²) in [4.78, 5) is 17.3. The third-order valence-electron chi connectivity index (χ3n) is 5.64. The van der Waals surface area contributed by atoms with Crippen molar-refractivity contribution >= 4 is 23.2 Å². The molecule has 0 N–H and O–H groups in total. The molecule has 4 rings (SSSR count). The summed E-state index contributed by atoms with van der Waals surface area (Å²) >= 11 is 6.36. The lowest BCUT2D eigenvalue weighted by atomic mass is 10.1. The lowest BCUT2D eigenvalue weighted by Gasteiger charge is -2.26. The molecule has 1 unspecified atom stereocenters. The Kier molecular flexibility index (Phi) is 6.88. The SMILES string of the molecule is CN(C)c1ccc(CN(CC2CCCO2)C(=O)Cc2cc(Cl)c3c(c2)OCCO3)cc1. The highest BCUT2D eigenvalue weighted by Gasteiger charge is 2.24. The maximum absolute atomic E-state index is 13.3. The number of halogens is 1. The molecule has 0 saturated carbocycles. The van der Waals surface area contributed by atoms with Gasteiger partial charge in [0.15, 0.2) is 11.5 Å². The van der Waals surface area contributed by atoms with Gasteiger partial charge in [-0.2, -0.15) is 0 Å². The Hall–Kier alpha value is -2.44. The Morgan fingerprint density at radius 2 is 1.84 bits per heavy atom. The second-order valence-electron chi connectivity index (χ2n) is 8.25. The van der Waals surface area contributed by atoms with E-state index in [1.54, 1.807) is 6.07 Å². The van der Waals surface area contributed by atoms with Crippen LogP contribution in [0, 0.1) is 0 Å². The van der Waals surface area contributed by atoms with E-state index in [0.29, 0.717) is 42.8 Å². The van der Waals surface area contributed by atoms with Crippen LogP contribution in [-0.4, -0.2) is 57.4 Å². The number of hydrogen-bond donors (Lipinski definition) is 0. The van der Waals surface area contributed by atoms with Crippen LogP contribution in [0.2, 0.25) is 5.02 Å². The van der Waals surface area contributed by atoms with Crippen LogP contribution in [0.1, 0.15) is 24.0 Å². The molecule has 0 aliphatic carbocycles. The van der Waals surface area contributed by atoms with Crippen molar-refractivity contribution in [3.8, 4) is 11.5 Å². The van der Waals surface area contributed by atoms with Gasteiger partial charge in [-0.25, -0.2) is 0 Å². The van der Waals surface area contributed by atoms with Gasteiger partial charge in [-0.1, -0.05) is 23.7 Å². The van der Waals surface area contributed by atoms with Gasteiger partial charge in [0, 0.05) is 39.5 Å². The standard InChI is InChI=1S/C24H29ClN2O4/c1-26(2)19-7-5-17(6-8-19)15-27(16-20-4-3-9-29-20)23(28)14-18-12-21(25)24-22(13-18)30-10-11-31-24/h5-8,12-13,20H,3-4,9-11,14-16H2,1-2H3. The van der Waals surface area contributed by atoms with Gasteiger partial charge in [0.25, 0.3) is 0 Å². The van der Waals surface area contributed by atoms with Crippen LogP contribution >= 0.6 is 11.6 Å². The third-order valence-corrected chi connectivity index (χ3v) is 5.92. The number of carbonyl (C=O) groups excluding carboxylic acids is 1. The molecule has 6 nitrogen and oxygen atoms in total. The number of nitrogens with zero attached hydrogens (tertiary/aromatic N) is 2. The highest BCUT2D eigenvalue weighted by atomic mass is 35.5. The fraction of sp³-hybridized carbons (Fsp3) is 0.458. The first kappa shape index (κ1) is 21.8. The Morgan fingerprint density at radius 3 is 2.55 bits per heavy atom. The van der Waals surface area contributed by atoms with Crippen molar-refractivity contribution in [2.75, 3.05) is 45.4 Å². The van der Waals surface area contributed by atoms with Crippen LogP contribution in [0.5, 0.6) is 11.5 Å². The summed E-state index contributed by atoms with van der Waals surface area (Å²) < 4.78 is 17.1. The van der Waals surface area contributed by atoms with Crippen LogP contribution in [0.4, 0.5) is 5.69 Å². The molecule has 2 aliphatic rings. The molecule has 0 aromatic heterocycles. The minimum Gasteiger partial charge on any atom is -0.486 e. The predicted octanol–water partition coefficient (Wildman–Crippen LogP) is 3.93. The van der Waals surface area contributed by atoms with E-state index in [0.717, 1.165) is 36.3 Å². The lowest BCUT2D eigenvalue weighted by molar-refractivity contribution is -0.132. The van der Waals surface area contributed by atoms with Crippen LogP contribution in [0.25, 0.3) is 0 Å². The minimum absolute atomic E-state index is 0.0416. The number of carbonyl (C=O) groups is 1. The first-order chi connectivity index (χ1) is 15.0. The molecule has 0 radical (unpaired) electrons. The molecule has 2 heterocycles. The fourth-order valence-electron chi connectivity index (χ4n) is 3.96. The van der Waals surface area contributed by atoms with Gasteiger partial charge in [0.05, 0.1) is 17.5 Å². The normalized spacial score (nSPS) is 17.5. The largest absolute Gasteiger partial charge is 0.486 e. The third kappa shape index (κ3) is 5.43.